The van der Waals surface area contributed by atoms with Gasteiger partial charge in [-0.2, -0.15) is 0 Å². The van der Waals surface area contributed by atoms with Crippen molar-refractivity contribution in [2.75, 3.05) is 4.90 Å². The minimum absolute atomic E-state index is 0.106. The zero-order chi connectivity index (χ0) is 21.3. The number of aromatic hydroxyl groups is 1. The minimum Gasteiger partial charge on any atom is -0.508 e. The Bertz CT molecular complexity index is 1020. The number of phenols is 1. The predicted molar refractivity (Wildman–Crippen MR) is 109 cm³/mol. The van der Waals surface area contributed by atoms with Crippen molar-refractivity contribution in [1.82, 2.24) is 0 Å². The molecule has 1 aliphatic rings. The first-order valence-corrected chi connectivity index (χ1v) is 9.75. The number of benzene rings is 3. The highest BCUT2D eigenvalue weighted by Gasteiger charge is 2.48. The first-order valence-electron chi connectivity index (χ1n) is 9.75. The number of halogens is 2. The third-order valence-electron chi connectivity index (χ3n) is 5.56. The quantitative estimate of drug-likeness (QED) is 0.570. The lowest BCUT2D eigenvalue weighted by Gasteiger charge is -2.48. The molecule has 1 saturated heterocycles. The Kier molecular flexibility index (Phi) is 5.50. The van der Waals surface area contributed by atoms with Gasteiger partial charge in [0.15, 0.2) is 0 Å². The number of rotatable bonds is 6. The third kappa shape index (κ3) is 3.91. The number of carbonyl (C=O) groups is 1. The highest BCUT2D eigenvalue weighted by Crippen LogP contribution is 2.46. The summed E-state index contributed by atoms with van der Waals surface area (Å²) >= 11 is 0. The average Bonchev–Trinajstić information content (AvgIpc) is 2.74. The van der Waals surface area contributed by atoms with Gasteiger partial charge in [-0.3, -0.25) is 4.79 Å². The summed E-state index contributed by atoms with van der Waals surface area (Å²) in [6.45, 7) is 0. The van der Waals surface area contributed by atoms with Crippen LogP contribution in [0.25, 0.3) is 0 Å². The first kappa shape index (κ1) is 20.0. The van der Waals surface area contributed by atoms with Gasteiger partial charge in [0, 0.05) is 5.69 Å². The Morgan fingerprint density at radius 2 is 1.43 bits per heavy atom. The summed E-state index contributed by atoms with van der Waals surface area (Å²) < 4.78 is 26.4. The summed E-state index contributed by atoms with van der Waals surface area (Å²) in [5.41, 5.74) is 2.03. The molecule has 1 amide bonds. The molecule has 0 aliphatic carbocycles. The molecule has 6 heteroatoms. The van der Waals surface area contributed by atoms with Gasteiger partial charge in [-0.25, -0.2) is 8.78 Å². The molecular formula is C24H21F2NO3. The highest BCUT2D eigenvalue weighted by molar-refractivity contribution is 6.03. The van der Waals surface area contributed by atoms with Crippen LogP contribution in [0.2, 0.25) is 0 Å². The van der Waals surface area contributed by atoms with E-state index in [4.69, 9.17) is 0 Å². The van der Waals surface area contributed by atoms with Crippen molar-refractivity contribution in [3.8, 4) is 5.75 Å². The summed E-state index contributed by atoms with van der Waals surface area (Å²) in [4.78, 5) is 14.6. The number of hydrogen-bond donors (Lipinski definition) is 2. The second kappa shape index (κ2) is 8.24. The number of carbonyl (C=O) groups excluding carboxylic acids is 1. The van der Waals surface area contributed by atoms with E-state index in [1.807, 2.05) is 0 Å². The maximum atomic E-state index is 13.3. The molecule has 0 saturated carbocycles. The molecule has 4 nitrogen and oxygen atoms in total. The van der Waals surface area contributed by atoms with Crippen LogP contribution >= 0.6 is 0 Å². The van der Waals surface area contributed by atoms with Gasteiger partial charge in [0.25, 0.3) is 0 Å². The van der Waals surface area contributed by atoms with Crippen LogP contribution in [-0.2, 0) is 4.79 Å². The molecule has 3 aromatic carbocycles. The molecule has 2 N–H and O–H groups in total. The van der Waals surface area contributed by atoms with Crippen LogP contribution in [-0.4, -0.2) is 16.1 Å². The first-order chi connectivity index (χ1) is 14.4. The van der Waals surface area contributed by atoms with E-state index in [-0.39, 0.29) is 35.3 Å². The molecule has 1 aliphatic heterocycles. The number of anilines is 1. The molecule has 154 valence electrons. The minimum atomic E-state index is -0.807. The molecule has 0 spiro atoms. The van der Waals surface area contributed by atoms with E-state index in [1.54, 1.807) is 41.3 Å². The van der Waals surface area contributed by atoms with Crippen molar-refractivity contribution in [2.45, 2.75) is 25.0 Å². The van der Waals surface area contributed by atoms with Gasteiger partial charge in [-0.1, -0.05) is 24.3 Å². The maximum Gasteiger partial charge on any atom is 0.233 e. The van der Waals surface area contributed by atoms with Crippen molar-refractivity contribution < 1.29 is 23.8 Å². The Hall–Kier alpha value is -3.25. The molecular weight excluding hydrogens is 388 g/mol. The third-order valence-corrected chi connectivity index (χ3v) is 5.56. The van der Waals surface area contributed by atoms with Crippen molar-refractivity contribution in [3.63, 3.8) is 0 Å². The smallest absolute Gasteiger partial charge is 0.233 e. The van der Waals surface area contributed by atoms with Gasteiger partial charge in [-0.05, 0) is 72.5 Å². The van der Waals surface area contributed by atoms with Gasteiger partial charge in [0.1, 0.15) is 17.4 Å². The van der Waals surface area contributed by atoms with Crippen molar-refractivity contribution in [3.05, 3.63) is 95.6 Å². The summed E-state index contributed by atoms with van der Waals surface area (Å²) in [7, 11) is 0. The monoisotopic (exact) mass is 409 g/mol. The largest absolute Gasteiger partial charge is 0.508 e. The number of amides is 1. The number of aliphatic hydroxyl groups is 1. The molecule has 1 fully saturated rings. The zero-order valence-electron chi connectivity index (χ0n) is 16.1. The van der Waals surface area contributed by atoms with E-state index in [0.29, 0.717) is 24.1 Å². The van der Waals surface area contributed by atoms with Gasteiger partial charge < -0.3 is 15.1 Å². The van der Waals surface area contributed by atoms with E-state index in [2.05, 4.69) is 0 Å². The summed E-state index contributed by atoms with van der Waals surface area (Å²) in [5.74, 6) is -1.10. The second-order valence-corrected chi connectivity index (χ2v) is 7.47. The molecule has 1 heterocycles. The van der Waals surface area contributed by atoms with Gasteiger partial charge in [0.2, 0.25) is 5.91 Å². The fourth-order valence-electron chi connectivity index (χ4n) is 3.96. The molecule has 3 atom stereocenters. The Balaban J connectivity index is 1.55. The molecule has 3 aromatic rings. The zero-order valence-corrected chi connectivity index (χ0v) is 16.1. The topological polar surface area (TPSA) is 60.8 Å². The lowest BCUT2D eigenvalue weighted by Crippen LogP contribution is -2.55. The van der Waals surface area contributed by atoms with Crippen LogP contribution in [0.4, 0.5) is 14.5 Å². The number of hydrogen-bond acceptors (Lipinski definition) is 3. The van der Waals surface area contributed by atoms with Crippen LogP contribution < -0.4 is 4.90 Å². The molecule has 30 heavy (non-hydrogen) atoms. The van der Waals surface area contributed by atoms with Crippen molar-refractivity contribution in [2.24, 2.45) is 5.92 Å². The van der Waals surface area contributed by atoms with E-state index in [1.165, 1.54) is 36.4 Å². The van der Waals surface area contributed by atoms with Gasteiger partial charge >= 0.3 is 0 Å². The van der Waals surface area contributed by atoms with Crippen LogP contribution in [0.5, 0.6) is 5.75 Å². The molecule has 0 radical (unpaired) electrons. The molecule has 4 rings (SSSR count). The van der Waals surface area contributed by atoms with E-state index < -0.39 is 6.10 Å². The fraction of sp³-hybridized carbons (Fsp3) is 0.208. The number of nitrogens with zero attached hydrogens (tertiary/aromatic N) is 1. The molecule has 0 aromatic heterocycles. The molecule has 0 unspecified atom stereocenters. The fourth-order valence-corrected chi connectivity index (χ4v) is 3.96. The summed E-state index contributed by atoms with van der Waals surface area (Å²) in [5, 5.41) is 20.1. The van der Waals surface area contributed by atoms with E-state index in [0.717, 1.165) is 5.56 Å². The average molecular weight is 409 g/mol. The van der Waals surface area contributed by atoms with Gasteiger partial charge in [-0.15, -0.1) is 0 Å². The summed E-state index contributed by atoms with van der Waals surface area (Å²) in [6.07, 6.45) is -0.0344. The highest BCUT2D eigenvalue weighted by atomic mass is 19.1. The van der Waals surface area contributed by atoms with Crippen molar-refractivity contribution in [1.29, 1.82) is 0 Å². The van der Waals surface area contributed by atoms with Gasteiger partial charge in [0.05, 0.1) is 18.1 Å². The maximum absolute atomic E-state index is 13.3. The van der Waals surface area contributed by atoms with E-state index >= 15 is 0 Å². The normalized spacial score (nSPS) is 19.4. The second-order valence-electron chi connectivity index (χ2n) is 7.47. The summed E-state index contributed by atoms with van der Waals surface area (Å²) in [6, 6.07) is 17.7. The lowest BCUT2D eigenvalue weighted by atomic mass is 9.78. The standard InChI is InChI=1S/C24H21F2NO3/c25-17-5-1-15(2-6-17)22(29)14-13-21-23(16-3-11-20(28)12-4-16)27(24(21)30)19-9-7-18(26)8-10-19/h1-12,21-23,28-29H,13-14H2/t21-,22+,23-/m0/s1. The van der Waals surface area contributed by atoms with Crippen molar-refractivity contribution >= 4 is 11.6 Å². The SMILES string of the molecule is O=C1[C@@H](CC[C@@H](O)c2ccc(F)cc2)[C@H](c2ccc(O)cc2)N1c1ccc(F)cc1. The number of phenolic OH excluding ortho intramolecular Hbond substituents is 1. The Morgan fingerprint density at radius 3 is 2.03 bits per heavy atom. The Labute approximate surface area is 173 Å². The lowest BCUT2D eigenvalue weighted by molar-refractivity contribution is -0.131. The molecule has 0 bridgehead atoms. The van der Waals surface area contributed by atoms with Crippen LogP contribution in [0.3, 0.4) is 0 Å². The Morgan fingerprint density at radius 1 is 0.867 bits per heavy atom. The van der Waals surface area contributed by atoms with E-state index in [9.17, 15) is 23.8 Å². The number of β-lactam (4-membered cyclic amide) rings is 1. The van der Waals surface area contributed by atoms with Crippen LogP contribution in [0.15, 0.2) is 72.8 Å². The predicted octanol–water partition coefficient (Wildman–Crippen LogP) is 4.89. The van der Waals surface area contributed by atoms with Crippen LogP contribution in [0, 0.1) is 17.6 Å². The van der Waals surface area contributed by atoms with Crippen LogP contribution in [0.1, 0.15) is 36.1 Å². The number of aliphatic hydroxyl groups excluding tert-OH is 1.